The van der Waals surface area contributed by atoms with Crippen molar-refractivity contribution < 1.29 is 22.1 Å². The Morgan fingerprint density at radius 1 is 1.13 bits per heavy atom. The van der Waals surface area contributed by atoms with Crippen molar-refractivity contribution in [1.29, 1.82) is 0 Å². The highest BCUT2D eigenvalue weighted by Gasteiger charge is 2.21. The fraction of sp³-hybridized carbons (Fsp3) is 0.300. The molecule has 0 aliphatic heterocycles. The summed E-state index contributed by atoms with van der Waals surface area (Å²) < 4.78 is 41.0. The van der Waals surface area contributed by atoms with Crippen molar-refractivity contribution >= 4 is 33.7 Å². The maximum atomic E-state index is 12.7. The Morgan fingerprint density at radius 2 is 1.90 bits per heavy atom. The number of methoxy groups -OCH3 is 2. The molecule has 0 bridgehead atoms. The molecule has 2 rings (SSSR count). The van der Waals surface area contributed by atoms with Crippen molar-refractivity contribution in [3.8, 4) is 11.5 Å². The number of hydrazone groups is 1. The summed E-state index contributed by atoms with van der Waals surface area (Å²) in [5.74, 6) is 0.342. The summed E-state index contributed by atoms with van der Waals surface area (Å²) in [6.07, 6.45) is 1.52. The third-order valence-electron chi connectivity index (χ3n) is 3.97. The van der Waals surface area contributed by atoms with E-state index < -0.39 is 10.1 Å². The molecule has 0 atom stereocenters. The van der Waals surface area contributed by atoms with E-state index in [9.17, 15) is 8.42 Å². The molecule has 0 heterocycles. The Labute approximate surface area is 182 Å². The molecular formula is C20H25N3O5S2. The molecule has 2 N–H and O–H groups in total. The van der Waals surface area contributed by atoms with Crippen molar-refractivity contribution in [3.63, 3.8) is 0 Å². The molecule has 0 amide bonds. The first-order valence-electron chi connectivity index (χ1n) is 9.02. The van der Waals surface area contributed by atoms with Crippen molar-refractivity contribution in [2.24, 2.45) is 5.10 Å². The molecule has 2 aromatic carbocycles. The highest BCUT2D eigenvalue weighted by Crippen LogP contribution is 2.31. The summed E-state index contributed by atoms with van der Waals surface area (Å²) in [6, 6.07) is 9.94. The summed E-state index contributed by atoms with van der Waals surface area (Å²) >= 11 is 5.07. The first-order chi connectivity index (χ1) is 14.3. The average Bonchev–Trinajstić information content (AvgIpc) is 2.70. The first-order valence-corrected chi connectivity index (χ1v) is 10.8. The summed E-state index contributed by atoms with van der Waals surface area (Å²) in [6.45, 7) is 4.62. The second kappa shape index (κ2) is 10.9. The van der Waals surface area contributed by atoms with E-state index in [-0.39, 0.29) is 16.4 Å². The fourth-order valence-corrected chi connectivity index (χ4v) is 3.86. The molecule has 0 saturated heterocycles. The van der Waals surface area contributed by atoms with Crippen LogP contribution in [-0.4, -0.2) is 47.1 Å². The van der Waals surface area contributed by atoms with Crippen molar-refractivity contribution in [2.45, 2.75) is 18.7 Å². The van der Waals surface area contributed by atoms with Crippen LogP contribution in [0.15, 0.2) is 46.4 Å². The maximum absolute atomic E-state index is 12.7. The molecule has 2 aromatic rings. The second-order valence-electron chi connectivity index (χ2n) is 6.34. The molecule has 0 aliphatic rings. The van der Waals surface area contributed by atoms with E-state index in [1.54, 1.807) is 38.3 Å². The van der Waals surface area contributed by atoms with E-state index in [1.165, 1.54) is 19.4 Å². The van der Waals surface area contributed by atoms with Crippen molar-refractivity contribution in [1.82, 2.24) is 10.7 Å². The predicted molar refractivity (Wildman–Crippen MR) is 120 cm³/mol. The van der Waals surface area contributed by atoms with E-state index in [0.717, 1.165) is 5.56 Å². The summed E-state index contributed by atoms with van der Waals surface area (Å²) in [4.78, 5) is 0.119. The van der Waals surface area contributed by atoms with Crippen LogP contribution < -0.4 is 19.7 Å². The van der Waals surface area contributed by atoms with Crippen LogP contribution in [0.4, 0.5) is 0 Å². The highest BCUT2D eigenvalue weighted by molar-refractivity contribution is 7.87. The fourth-order valence-electron chi connectivity index (χ4n) is 2.44. The predicted octanol–water partition coefficient (Wildman–Crippen LogP) is 2.52. The molecule has 8 nitrogen and oxygen atoms in total. The minimum absolute atomic E-state index is 0.0836. The molecule has 30 heavy (non-hydrogen) atoms. The lowest BCUT2D eigenvalue weighted by Crippen LogP contribution is -2.34. The summed E-state index contributed by atoms with van der Waals surface area (Å²) in [5.41, 5.74) is 4.77. The number of rotatable bonds is 9. The van der Waals surface area contributed by atoms with Gasteiger partial charge in [0.25, 0.3) is 0 Å². The van der Waals surface area contributed by atoms with E-state index >= 15 is 0 Å². The number of hydrogen-bond acceptors (Lipinski definition) is 7. The smallest absolute Gasteiger partial charge is 0.339 e. The third kappa shape index (κ3) is 6.68. The van der Waals surface area contributed by atoms with E-state index in [1.807, 2.05) is 13.0 Å². The standard InChI is InChI=1S/C20H25N3O5S2/c1-14-5-6-15(2)19(11-14)30(24,25)28-17-8-7-16(12-18(17)27-4)13-22-23-20(29)21-9-10-26-3/h5-8,11-13H,9-10H2,1-4H3,(H2,21,23,29)/b22-13+. The van der Waals surface area contributed by atoms with Crippen LogP contribution in [-0.2, 0) is 14.9 Å². The molecule has 0 saturated carbocycles. The molecule has 0 radical (unpaired) electrons. The highest BCUT2D eigenvalue weighted by atomic mass is 32.2. The van der Waals surface area contributed by atoms with Gasteiger partial charge in [0.05, 0.1) is 19.9 Å². The first kappa shape index (κ1) is 23.6. The topological polar surface area (TPSA) is 98.2 Å². The van der Waals surface area contributed by atoms with Gasteiger partial charge in [0.15, 0.2) is 16.6 Å². The molecular weight excluding hydrogens is 426 g/mol. The van der Waals surface area contributed by atoms with Crippen LogP contribution in [0, 0.1) is 13.8 Å². The van der Waals surface area contributed by atoms with Crippen LogP contribution in [0.3, 0.4) is 0 Å². The van der Waals surface area contributed by atoms with Crippen LogP contribution >= 0.6 is 12.2 Å². The normalized spacial score (nSPS) is 11.3. The van der Waals surface area contributed by atoms with Crippen molar-refractivity contribution in [3.05, 3.63) is 53.1 Å². The van der Waals surface area contributed by atoms with Crippen LogP contribution in [0.1, 0.15) is 16.7 Å². The monoisotopic (exact) mass is 451 g/mol. The zero-order valence-electron chi connectivity index (χ0n) is 17.3. The van der Waals surface area contributed by atoms with E-state index in [2.05, 4.69) is 15.8 Å². The van der Waals surface area contributed by atoms with Gasteiger partial charge in [0, 0.05) is 13.7 Å². The molecule has 0 fully saturated rings. The number of aryl methyl sites for hydroxylation is 2. The zero-order chi connectivity index (χ0) is 22.1. The van der Waals surface area contributed by atoms with Gasteiger partial charge in [-0.15, -0.1) is 0 Å². The molecule has 0 unspecified atom stereocenters. The number of thiocarbonyl (C=S) groups is 1. The minimum Gasteiger partial charge on any atom is -0.493 e. The quantitative estimate of drug-likeness (QED) is 0.197. The van der Waals surface area contributed by atoms with Crippen LogP contribution in [0.25, 0.3) is 0 Å². The van der Waals surface area contributed by atoms with Gasteiger partial charge in [0.1, 0.15) is 4.90 Å². The van der Waals surface area contributed by atoms with Gasteiger partial charge in [-0.25, -0.2) is 0 Å². The van der Waals surface area contributed by atoms with Gasteiger partial charge in [-0.1, -0.05) is 12.1 Å². The van der Waals surface area contributed by atoms with Crippen LogP contribution in [0.2, 0.25) is 0 Å². The van der Waals surface area contributed by atoms with Crippen molar-refractivity contribution in [2.75, 3.05) is 27.4 Å². The zero-order valence-corrected chi connectivity index (χ0v) is 18.9. The number of nitrogens with zero attached hydrogens (tertiary/aromatic N) is 1. The van der Waals surface area contributed by atoms with Gasteiger partial charge >= 0.3 is 10.1 Å². The third-order valence-corrected chi connectivity index (χ3v) is 5.58. The second-order valence-corrected chi connectivity index (χ2v) is 8.26. The Hall–Kier alpha value is -2.69. The van der Waals surface area contributed by atoms with Crippen LogP contribution in [0.5, 0.6) is 11.5 Å². The molecule has 0 aromatic heterocycles. The Balaban J connectivity index is 2.13. The Morgan fingerprint density at radius 3 is 2.60 bits per heavy atom. The largest absolute Gasteiger partial charge is 0.493 e. The minimum atomic E-state index is -4.01. The lowest BCUT2D eigenvalue weighted by Gasteiger charge is -2.13. The van der Waals surface area contributed by atoms with Gasteiger partial charge in [-0.3, -0.25) is 5.43 Å². The maximum Gasteiger partial charge on any atom is 0.339 e. The van der Waals surface area contributed by atoms with Gasteiger partial charge < -0.3 is 19.0 Å². The van der Waals surface area contributed by atoms with Gasteiger partial charge in [0.2, 0.25) is 0 Å². The Bertz CT molecular complexity index is 1020. The average molecular weight is 452 g/mol. The van der Waals surface area contributed by atoms with Gasteiger partial charge in [-0.05, 0) is 67.0 Å². The SMILES string of the molecule is COCCNC(=S)N/N=C/c1ccc(OS(=O)(=O)c2cc(C)ccc2C)c(OC)c1. The molecule has 0 aliphatic carbocycles. The number of ether oxygens (including phenoxy) is 2. The molecule has 162 valence electrons. The van der Waals surface area contributed by atoms with Gasteiger partial charge in [-0.2, -0.15) is 13.5 Å². The van der Waals surface area contributed by atoms with E-state index in [0.29, 0.717) is 29.4 Å². The van der Waals surface area contributed by atoms with E-state index in [4.69, 9.17) is 25.9 Å². The Kier molecular flexibility index (Phi) is 8.58. The lowest BCUT2D eigenvalue weighted by atomic mass is 10.2. The number of nitrogens with one attached hydrogen (secondary N) is 2. The molecule has 0 spiro atoms. The number of hydrogen-bond donors (Lipinski definition) is 2. The summed E-state index contributed by atoms with van der Waals surface area (Å²) in [5, 5.41) is 7.31. The molecule has 10 heteroatoms. The number of benzene rings is 2. The lowest BCUT2D eigenvalue weighted by molar-refractivity contribution is 0.204. The summed E-state index contributed by atoms with van der Waals surface area (Å²) in [7, 11) is -0.980.